The van der Waals surface area contributed by atoms with Gasteiger partial charge in [0.15, 0.2) is 6.10 Å². The first-order valence-electron chi connectivity index (χ1n) is 27.9. The molecule has 0 radical (unpaired) electrons. The number of unbranched alkanes of at least 4 members (excludes halogenated alkanes) is 29. The predicted molar refractivity (Wildman–Crippen MR) is 284 cm³/mol. The zero-order chi connectivity index (χ0) is 49.2. The minimum atomic E-state index is -4.38. The van der Waals surface area contributed by atoms with Crippen molar-refractivity contribution in [3.8, 4) is 0 Å². The Labute approximate surface area is 414 Å². The Balaban J connectivity index is 4.13. The lowest BCUT2D eigenvalue weighted by Gasteiger charge is -2.24. The fourth-order valence-electron chi connectivity index (χ4n) is 7.83. The van der Waals surface area contributed by atoms with Gasteiger partial charge in [0.2, 0.25) is 0 Å². The lowest BCUT2D eigenvalue weighted by molar-refractivity contribution is -0.870. The summed E-state index contributed by atoms with van der Waals surface area (Å²) in [5.41, 5.74) is 0. The maximum atomic E-state index is 12.8. The summed E-state index contributed by atoms with van der Waals surface area (Å²) in [7, 11) is 1.48. The van der Waals surface area contributed by atoms with Crippen molar-refractivity contribution in [2.24, 2.45) is 0 Å². The van der Waals surface area contributed by atoms with Crippen LogP contribution in [0, 0.1) is 0 Å². The Morgan fingerprint density at radius 1 is 0.478 bits per heavy atom. The van der Waals surface area contributed by atoms with E-state index in [2.05, 4.69) is 62.5 Å². The van der Waals surface area contributed by atoms with Crippen molar-refractivity contribution < 1.29 is 42.1 Å². The molecular weight excluding hydrogens is 858 g/mol. The fourth-order valence-corrected chi connectivity index (χ4v) is 8.57. The van der Waals surface area contributed by atoms with Crippen molar-refractivity contribution in [1.82, 2.24) is 0 Å². The third kappa shape index (κ3) is 53.2. The number of carbonyl (C=O) groups excluding carboxylic acids is 2. The summed E-state index contributed by atoms with van der Waals surface area (Å²) < 4.78 is 34.5. The summed E-state index contributed by atoms with van der Waals surface area (Å²) in [4.78, 5) is 35.6. The molecule has 0 aliphatic heterocycles. The molecule has 0 bridgehead atoms. The summed E-state index contributed by atoms with van der Waals surface area (Å²) >= 11 is 0. The largest absolute Gasteiger partial charge is 0.472 e. The summed E-state index contributed by atoms with van der Waals surface area (Å²) in [5, 5.41) is 0. The third-order valence-corrected chi connectivity index (χ3v) is 13.1. The van der Waals surface area contributed by atoms with Crippen molar-refractivity contribution >= 4 is 19.8 Å². The lowest BCUT2D eigenvalue weighted by atomic mass is 10.0. The van der Waals surface area contributed by atoms with Crippen LogP contribution >= 0.6 is 7.82 Å². The molecule has 0 aromatic rings. The van der Waals surface area contributed by atoms with Crippen LogP contribution in [0.3, 0.4) is 0 Å². The number of esters is 2. The second kappa shape index (κ2) is 49.0. The molecule has 67 heavy (non-hydrogen) atoms. The Hall–Kier alpha value is -2.03. The van der Waals surface area contributed by atoms with E-state index in [1.807, 2.05) is 21.1 Å². The Morgan fingerprint density at radius 3 is 1.27 bits per heavy atom. The molecule has 1 N–H and O–H groups in total. The molecule has 0 aromatic carbocycles. The van der Waals surface area contributed by atoms with Crippen LogP contribution < -0.4 is 0 Å². The minimum absolute atomic E-state index is 0.0327. The first-order chi connectivity index (χ1) is 32.5. The molecule has 10 heteroatoms. The number of allylic oxidation sites excluding steroid dienone is 8. The van der Waals surface area contributed by atoms with Gasteiger partial charge in [0.05, 0.1) is 27.7 Å². The van der Waals surface area contributed by atoms with Crippen LogP contribution in [-0.2, 0) is 32.7 Å². The standard InChI is InChI=1S/C57H106NO8P/c1-6-8-10-12-14-16-18-20-22-24-25-26-27-28-29-30-31-32-33-34-36-38-40-42-44-46-48-50-57(60)66-55(54-65-67(61,62)64-52-51-58(3,4)5)53-63-56(59)49-47-45-43-41-39-37-35-23-21-19-17-15-13-11-9-7-2/h8,10,14,16,20,22,25-26,55H,6-7,9,11-13,15,17-19,21,23-24,27-54H2,1-5H3/p+1/b10-8-,16-14-,22-20-,26-25-. The van der Waals surface area contributed by atoms with E-state index in [4.69, 9.17) is 18.5 Å². The molecule has 2 atom stereocenters. The van der Waals surface area contributed by atoms with Gasteiger partial charge in [-0.15, -0.1) is 0 Å². The minimum Gasteiger partial charge on any atom is -0.462 e. The zero-order valence-corrected chi connectivity index (χ0v) is 45.3. The number of likely N-dealkylation sites (N-methyl/N-ethyl adjacent to an activating group) is 1. The van der Waals surface area contributed by atoms with E-state index in [0.29, 0.717) is 23.9 Å². The van der Waals surface area contributed by atoms with Gasteiger partial charge in [-0.1, -0.05) is 236 Å². The van der Waals surface area contributed by atoms with Crippen molar-refractivity contribution in [1.29, 1.82) is 0 Å². The number of hydrogen-bond acceptors (Lipinski definition) is 7. The normalized spacial score (nSPS) is 13.7. The number of nitrogens with zero attached hydrogens (tertiary/aromatic N) is 1. The average Bonchev–Trinajstić information content (AvgIpc) is 3.29. The van der Waals surface area contributed by atoms with Crippen LogP contribution in [0.4, 0.5) is 0 Å². The second-order valence-electron chi connectivity index (χ2n) is 19.9. The van der Waals surface area contributed by atoms with E-state index in [-0.39, 0.29) is 25.6 Å². The molecule has 0 fully saturated rings. The highest BCUT2D eigenvalue weighted by atomic mass is 31.2. The molecule has 0 aromatic heterocycles. The molecular formula is C57H107NO8P+. The van der Waals surface area contributed by atoms with Gasteiger partial charge in [-0.05, 0) is 51.4 Å². The summed E-state index contributed by atoms with van der Waals surface area (Å²) in [5.74, 6) is -0.787. The Kier molecular flexibility index (Phi) is 47.5. The smallest absolute Gasteiger partial charge is 0.462 e. The summed E-state index contributed by atoms with van der Waals surface area (Å²) in [6.07, 6.45) is 60.3. The van der Waals surface area contributed by atoms with Crippen LogP contribution in [0.25, 0.3) is 0 Å². The van der Waals surface area contributed by atoms with Gasteiger partial charge in [-0.25, -0.2) is 4.57 Å². The maximum absolute atomic E-state index is 12.8. The fraction of sp³-hybridized carbons (Fsp3) is 0.825. The number of phosphoric acid groups is 1. The number of ether oxygens (including phenoxy) is 2. The van der Waals surface area contributed by atoms with Crippen molar-refractivity contribution in [2.45, 2.75) is 258 Å². The summed E-state index contributed by atoms with van der Waals surface area (Å²) in [6, 6.07) is 0. The number of hydrogen-bond donors (Lipinski definition) is 1. The zero-order valence-electron chi connectivity index (χ0n) is 44.4. The van der Waals surface area contributed by atoms with Gasteiger partial charge in [-0.3, -0.25) is 18.6 Å². The SMILES string of the molecule is CC/C=C\C/C=C\C/C=C\C/C=C\CCCCCCCCCCCCCCCCC(=O)OC(COC(=O)CCCCCCCCCCCCCCCCCC)COP(=O)(O)OCC[N+](C)(C)C. The van der Waals surface area contributed by atoms with Crippen LogP contribution in [0.2, 0.25) is 0 Å². The van der Waals surface area contributed by atoms with Crippen LogP contribution in [0.5, 0.6) is 0 Å². The monoisotopic (exact) mass is 965 g/mol. The first-order valence-corrected chi connectivity index (χ1v) is 29.4. The molecule has 0 amide bonds. The third-order valence-electron chi connectivity index (χ3n) is 12.1. The molecule has 0 rings (SSSR count). The molecule has 0 aliphatic carbocycles. The Bertz CT molecular complexity index is 1270. The molecule has 0 spiro atoms. The highest BCUT2D eigenvalue weighted by Crippen LogP contribution is 2.43. The molecule has 392 valence electrons. The van der Waals surface area contributed by atoms with Gasteiger partial charge in [-0.2, -0.15) is 0 Å². The highest BCUT2D eigenvalue weighted by Gasteiger charge is 2.27. The van der Waals surface area contributed by atoms with Crippen LogP contribution in [0.1, 0.15) is 251 Å². The van der Waals surface area contributed by atoms with Gasteiger partial charge >= 0.3 is 19.8 Å². The predicted octanol–water partition coefficient (Wildman–Crippen LogP) is 17.0. The van der Waals surface area contributed by atoms with E-state index in [9.17, 15) is 19.0 Å². The van der Waals surface area contributed by atoms with E-state index in [1.54, 1.807) is 0 Å². The Morgan fingerprint density at radius 2 is 0.851 bits per heavy atom. The highest BCUT2D eigenvalue weighted by molar-refractivity contribution is 7.47. The number of carbonyl (C=O) groups is 2. The summed E-state index contributed by atoms with van der Waals surface area (Å²) in [6.45, 7) is 4.35. The van der Waals surface area contributed by atoms with E-state index in [1.165, 1.54) is 161 Å². The van der Waals surface area contributed by atoms with Crippen molar-refractivity contribution in [3.63, 3.8) is 0 Å². The van der Waals surface area contributed by atoms with E-state index >= 15 is 0 Å². The van der Waals surface area contributed by atoms with Crippen molar-refractivity contribution in [3.05, 3.63) is 48.6 Å². The number of rotatable bonds is 51. The van der Waals surface area contributed by atoms with Crippen LogP contribution in [-0.4, -0.2) is 74.9 Å². The van der Waals surface area contributed by atoms with Crippen molar-refractivity contribution in [2.75, 3.05) is 47.5 Å². The van der Waals surface area contributed by atoms with Gasteiger partial charge in [0.1, 0.15) is 19.8 Å². The molecule has 0 heterocycles. The molecule has 0 aliphatic rings. The average molecular weight is 965 g/mol. The van der Waals surface area contributed by atoms with E-state index in [0.717, 1.165) is 57.8 Å². The van der Waals surface area contributed by atoms with Crippen LogP contribution in [0.15, 0.2) is 48.6 Å². The number of quaternary nitrogens is 1. The second-order valence-corrected chi connectivity index (χ2v) is 21.4. The molecule has 0 saturated heterocycles. The topological polar surface area (TPSA) is 108 Å². The van der Waals surface area contributed by atoms with Gasteiger partial charge < -0.3 is 18.9 Å². The number of phosphoric ester groups is 1. The lowest BCUT2D eigenvalue weighted by Crippen LogP contribution is -2.37. The van der Waals surface area contributed by atoms with Gasteiger partial charge in [0.25, 0.3) is 0 Å². The molecule has 9 nitrogen and oxygen atoms in total. The maximum Gasteiger partial charge on any atom is 0.472 e. The first kappa shape index (κ1) is 65.0. The molecule has 2 unspecified atom stereocenters. The van der Waals surface area contributed by atoms with E-state index < -0.39 is 26.5 Å². The molecule has 0 saturated carbocycles. The van der Waals surface area contributed by atoms with Gasteiger partial charge in [0, 0.05) is 12.8 Å². The quantitative estimate of drug-likeness (QED) is 0.0211.